The van der Waals surface area contributed by atoms with E-state index >= 15 is 0 Å². The molecule has 3 aromatic carbocycles. The number of benzene rings is 3. The molecule has 4 amide bonds. The van der Waals surface area contributed by atoms with Crippen LogP contribution >= 0.6 is 0 Å². The minimum Gasteiger partial charge on any atom is -0.465 e. The molecule has 0 saturated heterocycles. The zero-order chi connectivity index (χ0) is 35.1. The third-order valence-corrected chi connectivity index (χ3v) is 9.06. The van der Waals surface area contributed by atoms with Gasteiger partial charge in [-0.15, -0.1) is 10.2 Å². The number of H-pyrrole nitrogens is 1. The maximum absolute atomic E-state index is 13.7. The maximum atomic E-state index is 13.7. The van der Waals surface area contributed by atoms with Gasteiger partial charge in [-0.3, -0.25) is 14.4 Å². The molecule has 1 atom stereocenters. The van der Waals surface area contributed by atoms with Crippen molar-refractivity contribution in [1.29, 1.82) is 0 Å². The molecular weight excluding hydrogens is 624 g/mol. The number of carbonyl (C=O) groups excluding carboxylic acids is 3. The first-order chi connectivity index (χ1) is 23.5. The number of tetrazole rings is 1. The van der Waals surface area contributed by atoms with Crippen LogP contribution in [0.1, 0.15) is 52.7 Å². The van der Waals surface area contributed by atoms with E-state index in [1.165, 1.54) is 0 Å². The monoisotopic (exact) mass is 666 g/mol. The van der Waals surface area contributed by atoms with Crippen LogP contribution in [0.3, 0.4) is 0 Å². The van der Waals surface area contributed by atoms with E-state index in [-0.39, 0.29) is 36.0 Å². The van der Waals surface area contributed by atoms with Gasteiger partial charge in [0.05, 0.1) is 0 Å². The number of hydrogen-bond donors (Lipinski definition) is 5. The summed E-state index contributed by atoms with van der Waals surface area (Å²) < 4.78 is 0. The van der Waals surface area contributed by atoms with Gasteiger partial charge < -0.3 is 26.0 Å². The highest BCUT2D eigenvalue weighted by Gasteiger charge is 2.30. The van der Waals surface area contributed by atoms with Crippen LogP contribution < -0.4 is 16.0 Å². The van der Waals surface area contributed by atoms with Gasteiger partial charge in [0, 0.05) is 49.8 Å². The molecule has 49 heavy (non-hydrogen) atoms. The van der Waals surface area contributed by atoms with Gasteiger partial charge in [-0.2, -0.15) is 5.21 Å². The second kappa shape index (κ2) is 15.5. The van der Waals surface area contributed by atoms with Crippen LogP contribution in [0.4, 0.5) is 10.5 Å². The van der Waals surface area contributed by atoms with Crippen molar-refractivity contribution in [3.05, 3.63) is 82.9 Å². The molecule has 256 valence electrons. The summed E-state index contributed by atoms with van der Waals surface area (Å²) in [7, 11) is 3.47. The number of carbonyl (C=O) groups is 4. The summed E-state index contributed by atoms with van der Waals surface area (Å²) in [6, 6.07) is 17.9. The molecule has 13 nitrogen and oxygen atoms in total. The second-order valence-corrected chi connectivity index (χ2v) is 12.8. The Balaban J connectivity index is 1.32. The normalized spacial score (nSPS) is 16.3. The number of nitrogens with zero attached hydrogens (tertiary/aromatic N) is 4. The zero-order valence-corrected chi connectivity index (χ0v) is 28.1. The van der Waals surface area contributed by atoms with Gasteiger partial charge in [0.25, 0.3) is 5.91 Å². The fourth-order valence-corrected chi connectivity index (χ4v) is 6.27. The third-order valence-electron chi connectivity index (χ3n) is 9.06. The average molecular weight is 667 g/mol. The number of anilines is 1. The lowest BCUT2D eigenvalue weighted by Gasteiger charge is -2.29. The fraction of sp³-hybridized carbons (Fsp3) is 0.361. The van der Waals surface area contributed by atoms with Crippen LogP contribution in [-0.2, 0) is 16.0 Å². The molecule has 0 aliphatic heterocycles. The van der Waals surface area contributed by atoms with E-state index in [4.69, 9.17) is 5.11 Å². The molecule has 5 rings (SSSR count). The summed E-state index contributed by atoms with van der Waals surface area (Å²) in [4.78, 5) is 52.4. The molecular formula is C36H42N8O5. The molecule has 0 bridgehead atoms. The van der Waals surface area contributed by atoms with Crippen LogP contribution in [0, 0.1) is 25.7 Å². The van der Waals surface area contributed by atoms with E-state index in [0.29, 0.717) is 36.5 Å². The molecule has 1 saturated carbocycles. The lowest BCUT2D eigenvalue weighted by atomic mass is 9.81. The molecule has 0 radical (unpaired) electrons. The highest BCUT2D eigenvalue weighted by atomic mass is 16.4. The van der Waals surface area contributed by atoms with E-state index in [1.54, 1.807) is 43.3 Å². The molecule has 1 heterocycles. The van der Waals surface area contributed by atoms with Gasteiger partial charge in [-0.1, -0.05) is 30.3 Å². The molecule has 13 heteroatoms. The van der Waals surface area contributed by atoms with Crippen LogP contribution in [0.15, 0.2) is 60.7 Å². The Labute approximate surface area is 284 Å². The standard InChI is InChI=1S/C36H42N8O5/c1-21-17-22(2)30(35(47)44(3)4)19-29(21)25-9-5-23(6-10-25)18-31(39-33(45)27-11-7-24(8-12-27)20-37-36(48)49)34(46)38-28-15-13-26(14-16-28)32-40-42-43-41-32/h5-6,9-10,13-17,19,24,27,31,37H,7-8,11-12,18,20H2,1-4H3,(H,38,46)(H,39,45)(H,48,49)(H,40,41,42,43)/t24?,27?,31-/m0/s1. The Morgan fingerprint density at radius 3 is 2.20 bits per heavy atom. The molecule has 0 unspecified atom stereocenters. The first kappa shape index (κ1) is 34.7. The van der Waals surface area contributed by atoms with Crippen molar-refractivity contribution < 1.29 is 24.3 Å². The minimum absolute atomic E-state index is 0.0603. The Hall–Kier alpha value is -5.59. The Morgan fingerprint density at radius 2 is 1.59 bits per heavy atom. The largest absolute Gasteiger partial charge is 0.465 e. The second-order valence-electron chi connectivity index (χ2n) is 12.8. The molecule has 1 aliphatic rings. The number of rotatable bonds is 11. The van der Waals surface area contributed by atoms with Gasteiger partial charge in [0.15, 0.2) is 0 Å². The number of amides is 4. The van der Waals surface area contributed by atoms with Crippen molar-refractivity contribution in [2.24, 2.45) is 11.8 Å². The van der Waals surface area contributed by atoms with Crippen molar-refractivity contribution >= 4 is 29.5 Å². The minimum atomic E-state index is -1.05. The van der Waals surface area contributed by atoms with Gasteiger partial charge in [-0.25, -0.2) is 4.79 Å². The van der Waals surface area contributed by atoms with E-state index in [9.17, 15) is 19.2 Å². The highest BCUT2D eigenvalue weighted by molar-refractivity contribution is 5.98. The summed E-state index contributed by atoms with van der Waals surface area (Å²) in [5.41, 5.74) is 6.63. The fourth-order valence-electron chi connectivity index (χ4n) is 6.27. The van der Waals surface area contributed by atoms with E-state index < -0.39 is 12.1 Å². The molecule has 1 fully saturated rings. The predicted molar refractivity (Wildman–Crippen MR) is 185 cm³/mol. The molecule has 4 aromatic rings. The number of aryl methyl sites for hydroxylation is 2. The number of aromatic nitrogens is 4. The summed E-state index contributed by atoms with van der Waals surface area (Å²) in [5, 5.41) is 31.3. The number of aromatic amines is 1. The third kappa shape index (κ3) is 8.86. The van der Waals surface area contributed by atoms with Crippen molar-refractivity contribution in [2.45, 2.75) is 52.0 Å². The molecule has 1 aliphatic carbocycles. The van der Waals surface area contributed by atoms with E-state index in [2.05, 4.69) is 36.6 Å². The Morgan fingerprint density at radius 1 is 0.918 bits per heavy atom. The molecule has 5 N–H and O–H groups in total. The van der Waals surface area contributed by atoms with E-state index in [1.807, 2.05) is 50.2 Å². The number of carboxylic acid groups (broad SMARTS) is 1. The van der Waals surface area contributed by atoms with Crippen LogP contribution in [0.5, 0.6) is 0 Å². The first-order valence-corrected chi connectivity index (χ1v) is 16.3. The van der Waals surface area contributed by atoms with Gasteiger partial charge in [0.1, 0.15) is 6.04 Å². The average Bonchev–Trinajstić information content (AvgIpc) is 3.63. The molecule has 0 spiro atoms. The van der Waals surface area contributed by atoms with Crippen molar-refractivity contribution in [3.63, 3.8) is 0 Å². The van der Waals surface area contributed by atoms with Crippen molar-refractivity contribution in [1.82, 2.24) is 36.2 Å². The zero-order valence-electron chi connectivity index (χ0n) is 28.1. The quantitative estimate of drug-likeness (QED) is 0.154. The van der Waals surface area contributed by atoms with Crippen LogP contribution in [-0.4, -0.2) is 81.1 Å². The number of hydrogen-bond acceptors (Lipinski definition) is 7. The van der Waals surface area contributed by atoms with Gasteiger partial charge in [0.2, 0.25) is 17.6 Å². The lowest BCUT2D eigenvalue weighted by Crippen LogP contribution is -2.48. The van der Waals surface area contributed by atoms with Gasteiger partial charge >= 0.3 is 6.09 Å². The predicted octanol–water partition coefficient (Wildman–Crippen LogP) is 4.59. The van der Waals surface area contributed by atoms with Crippen molar-refractivity contribution in [2.75, 3.05) is 26.0 Å². The summed E-state index contributed by atoms with van der Waals surface area (Å²) in [5.74, 6) is -0.261. The Kier molecular flexibility index (Phi) is 11.0. The smallest absolute Gasteiger partial charge is 0.404 e. The summed E-state index contributed by atoms with van der Waals surface area (Å²) in [6.45, 7) is 4.31. The van der Waals surface area contributed by atoms with Crippen LogP contribution in [0.25, 0.3) is 22.5 Å². The topological polar surface area (TPSA) is 182 Å². The lowest BCUT2D eigenvalue weighted by molar-refractivity contribution is -0.130. The molecule has 1 aromatic heterocycles. The van der Waals surface area contributed by atoms with Crippen molar-refractivity contribution in [3.8, 4) is 22.5 Å². The SMILES string of the molecule is Cc1cc(C)c(-c2ccc(C[C@H](NC(=O)C3CCC(CNC(=O)O)CC3)C(=O)Nc3ccc(-c4nn[nH]n4)cc3)cc2)cc1C(=O)N(C)C. The Bertz CT molecular complexity index is 1780. The van der Waals surface area contributed by atoms with E-state index in [0.717, 1.165) is 46.2 Å². The first-order valence-electron chi connectivity index (χ1n) is 16.3. The van der Waals surface area contributed by atoms with Crippen LogP contribution in [0.2, 0.25) is 0 Å². The number of nitrogens with one attached hydrogen (secondary N) is 4. The maximum Gasteiger partial charge on any atom is 0.404 e. The summed E-state index contributed by atoms with van der Waals surface area (Å²) >= 11 is 0. The summed E-state index contributed by atoms with van der Waals surface area (Å²) in [6.07, 6.45) is 1.89. The highest BCUT2D eigenvalue weighted by Crippen LogP contribution is 2.30. The van der Waals surface area contributed by atoms with Gasteiger partial charge in [-0.05, 0) is 109 Å².